The largest absolute Gasteiger partial charge is 0.383 e. The third-order valence-corrected chi connectivity index (χ3v) is 2.93. The van der Waals surface area contributed by atoms with Crippen LogP contribution in [0, 0.1) is 0 Å². The number of anilines is 1. The molecule has 0 atom stereocenters. The molecule has 6 nitrogen and oxygen atoms in total. The molecule has 2 heterocycles. The second-order valence-electron chi connectivity index (χ2n) is 4.28. The summed E-state index contributed by atoms with van der Waals surface area (Å²) in [6, 6.07) is 7.91. The molecule has 20 heavy (non-hydrogen) atoms. The molecule has 0 bridgehead atoms. The maximum Gasteiger partial charge on any atom is 0.237 e. The molecule has 0 saturated carbocycles. The van der Waals surface area contributed by atoms with Gasteiger partial charge in [0.1, 0.15) is 12.1 Å². The van der Waals surface area contributed by atoms with Gasteiger partial charge in [-0.2, -0.15) is 4.98 Å². The molecule has 0 spiro atoms. The van der Waals surface area contributed by atoms with Gasteiger partial charge in [0.05, 0.1) is 12.1 Å². The molecule has 0 radical (unpaired) electrons. The van der Waals surface area contributed by atoms with Crippen LogP contribution in [0.15, 0.2) is 43.0 Å². The third kappa shape index (κ3) is 2.46. The molecular weight excluding hydrogens is 254 g/mol. The van der Waals surface area contributed by atoms with Crippen molar-refractivity contribution in [3.05, 3.63) is 43.0 Å². The van der Waals surface area contributed by atoms with Gasteiger partial charge in [-0.1, -0.05) is 12.1 Å². The number of ether oxygens (including phenoxy) is 1. The Labute approximate surface area is 116 Å². The topological polar surface area (TPSA) is 64.9 Å². The van der Waals surface area contributed by atoms with Gasteiger partial charge in [-0.3, -0.25) is 4.57 Å². The second-order valence-corrected chi connectivity index (χ2v) is 4.28. The maximum absolute atomic E-state index is 5.06. The average molecular weight is 269 g/mol. The highest BCUT2D eigenvalue weighted by molar-refractivity contribution is 5.89. The van der Waals surface area contributed by atoms with Crippen LogP contribution in [0.1, 0.15) is 0 Å². The van der Waals surface area contributed by atoms with Crippen LogP contribution in [0.4, 0.5) is 5.82 Å². The number of nitrogens with one attached hydrogen (secondary N) is 1. The lowest BCUT2D eigenvalue weighted by atomic mass is 10.2. The van der Waals surface area contributed by atoms with Crippen LogP contribution in [0.25, 0.3) is 16.9 Å². The van der Waals surface area contributed by atoms with Crippen molar-refractivity contribution < 1.29 is 4.74 Å². The summed E-state index contributed by atoms with van der Waals surface area (Å²) in [6.07, 6.45) is 5.21. The highest BCUT2D eigenvalue weighted by Gasteiger charge is 2.08. The van der Waals surface area contributed by atoms with E-state index in [0.717, 1.165) is 16.7 Å². The van der Waals surface area contributed by atoms with Crippen molar-refractivity contribution in [2.24, 2.45) is 0 Å². The summed E-state index contributed by atoms with van der Waals surface area (Å²) in [5.74, 6) is 1.40. The van der Waals surface area contributed by atoms with Crippen molar-refractivity contribution in [3.8, 4) is 5.95 Å². The quantitative estimate of drug-likeness (QED) is 0.716. The number of hydrogen-bond donors (Lipinski definition) is 1. The molecule has 0 unspecified atom stereocenters. The Kier molecular flexibility index (Phi) is 3.56. The first-order valence-corrected chi connectivity index (χ1v) is 6.36. The Bertz CT molecular complexity index is 696. The first-order valence-electron chi connectivity index (χ1n) is 6.36. The molecule has 6 heteroatoms. The Hall–Kier alpha value is -2.47. The molecule has 0 fully saturated rings. The van der Waals surface area contributed by atoms with E-state index in [4.69, 9.17) is 4.74 Å². The molecule has 0 aliphatic heterocycles. The fraction of sp³-hybridized carbons (Fsp3) is 0.214. The molecule has 3 aromatic rings. The van der Waals surface area contributed by atoms with Gasteiger partial charge < -0.3 is 10.1 Å². The Morgan fingerprint density at radius 2 is 2.15 bits per heavy atom. The van der Waals surface area contributed by atoms with Gasteiger partial charge in [-0.05, 0) is 12.1 Å². The van der Waals surface area contributed by atoms with E-state index >= 15 is 0 Å². The Morgan fingerprint density at radius 1 is 1.25 bits per heavy atom. The molecule has 0 aliphatic carbocycles. The lowest BCUT2D eigenvalue weighted by Crippen LogP contribution is -2.11. The van der Waals surface area contributed by atoms with Gasteiger partial charge in [0.15, 0.2) is 0 Å². The van der Waals surface area contributed by atoms with Gasteiger partial charge in [-0.15, -0.1) is 0 Å². The third-order valence-electron chi connectivity index (χ3n) is 2.93. The minimum Gasteiger partial charge on any atom is -0.383 e. The van der Waals surface area contributed by atoms with Crippen LogP contribution < -0.4 is 5.32 Å². The number of aromatic nitrogens is 4. The van der Waals surface area contributed by atoms with E-state index in [1.165, 1.54) is 0 Å². The minimum absolute atomic E-state index is 0.598. The minimum atomic E-state index is 0.598. The van der Waals surface area contributed by atoms with Crippen molar-refractivity contribution in [2.75, 3.05) is 25.6 Å². The summed E-state index contributed by atoms with van der Waals surface area (Å²) in [4.78, 5) is 13.1. The van der Waals surface area contributed by atoms with Crippen LogP contribution in [-0.4, -0.2) is 39.8 Å². The zero-order valence-electron chi connectivity index (χ0n) is 11.2. The molecule has 0 amide bonds. The van der Waals surface area contributed by atoms with E-state index in [1.54, 1.807) is 24.2 Å². The van der Waals surface area contributed by atoms with Gasteiger partial charge in [0.25, 0.3) is 0 Å². The normalized spacial score (nSPS) is 10.8. The molecule has 102 valence electrons. The second kappa shape index (κ2) is 5.66. The van der Waals surface area contributed by atoms with Crippen molar-refractivity contribution in [1.82, 2.24) is 19.5 Å². The summed E-state index contributed by atoms with van der Waals surface area (Å²) in [6.45, 7) is 1.32. The van der Waals surface area contributed by atoms with Crippen molar-refractivity contribution in [3.63, 3.8) is 0 Å². The van der Waals surface area contributed by atoms with E-state index in [-0.39, 0.29) is 0 Å². The van der Waals surface area contributed by atoms with E-state index in [9.17, 15) is 0 Å². The average Bonchev–Trinajstić information content (AvgIpc) is 3.01. The number of nitrogens with zero attached hydrogens (tertiary/aromatic N) is 4. The van der Waals surface area contributed by atoms with Gasteiger partial charge in [-0.25, -0.2) is 9.97 Å². The zero-order valence-corrected chi connectivity index (χ0v) is 11.2. The number of para-hydroxylation sites is 1. The van der Waals surface area contributed by atoms with Gasteiger partial charge in [0, 0.05) is 31.4 Å². The standard InChI is InChI=1S/C14H15N5O/c1-20-9-7-16-13-11-4-2-3-5-12(11)17-14(18-13)19-8-6-15-10-19/h2-6,8,10H,7,9H2,1H3,(H,16,17,18). The molecule has 3 rings (SSSR count). The summed E-state index contributed by atoms with van der Waals surface area (Å²) < 4.78 is 6.84. The number of methoxy groups -OCH3 is 1. The molecule has 0 aliphatic rings. The molecule has 2 aromatic heterocycles. The summed E-state index contributed by atoms with van der Waals surface area (Å²) in [5.41, 5.74) is 0.895. The number of rotatable bonds is 5. The number of fused-ring (bicyclic) bond motifs is 1. The predicted octanol–water partition coefficient (Wildman–Crippen LogP) is 1.87. The number of hydrogen-bond acceptors (Lipinski definition) is 5. The SMILES string of the molecule is COCCNc1nc(-n2ccnc2)nc2ccccc12. The number of benzene rings is 1. The Morgan fingerprint density at radius 3 is 2.95 bits per heavy atom. The smallest absolute Gasteiger partial charge is 0.237 e. The van der Waals surface area contributed by atoms with E-state index in [1.807, 2.05) is 30.5 Å². The predicted molar refractivity (Wildman–Crippen MR) is 77.0 cm³/mol. The van der Waals surface area contributed by atoms with E-state index in [0.29, 0.717) is 19.1 Å². The van der Waals surface area contributed by atoms with Crippen LogP contribution in [0.2, 0.25) is 0 Å². The summed E-state index contributed by atoms with van der Waals surface area (Å²) >= 11 is 0. The molecule has 1 N–H and O–H groups in total. The van der Waals surface area contributed by atoms with Crippen molar-refractivity contribution in [2.45, 2.75) is 0 Å². The summed E-state index contributed by atoms with van der Waals surface area (Å²) in [5, 5.41) is 4.27. The Balaban J connectivity index is 2.05. The fourth-order valence-electron chi connectivity index (χ4n) is 1.96. The van der Waals surface area contributed by atoms with Crippen molar-refractivity contribution in [1.29, 1.82) is 0 Å². The summed E-state index contributed by atoms with van der Waals surface area (Å²) in [7, 11) is 1.68. The first kappa shape index (κ1) is 12.6. The van der Waals surface area contributed by atoms with Crippen molar-refractivity contribution >= 4 is 16.7 Å². The highest BCUT2D eigenvalue weighted by atomic mass is 16.5. The van der Waals surface area contributed by atoms with Crippen LogP contribution in [0.3, 0.4) is 0 Å². The molecular formula is C14H15N5O. The zero-order chi connectivity index (χ0) is 13.8. The van der Waals surface area contributed by atoms with Crippen LogP contribution in [0.5, 0.6) is 0 Å². The highest BCUT2D eigenvalue weighted by Crippen LogP contribution is 2.21. The lowest BCUT2D eigenvalue weighted by Gasteiger charge is -2.10. The van der Waals surface area contributed by atoms with E-state index < -0.39 is 0 Å². The molecule has 0 saturated heterocycles. The molecule has 1 aromatic carbocycles. The lowest BCUT2D eigenvalue weighted by molar-refractivity contribution is 0.210. The maximum atomic E-state index is 5.06. The van der Waals surface area contributed by atoms with E-state index in [2.05, 4.69) is 20.3 Å². The monoisotopic (exact) mass is 269 g/mol. The number of imidazole rings is 1. The van der Waals surface area contributed by atoms with Crippen LogP contribution >= 0.6 is 0 Å². The first-order chi connectivity index (χ1) is 9.88. The van der Waals surface area contributed by atoms with Gasteiger partial charge >= 0.3 is 0 Å². The van der Waals surface area contributed by atoms with Crippen LogP contribution in [-0.2, 0) is 4.74 Å². The fourth-order valence-corrected chi connectivity index (χ4v) is 1.96. The van der Waals surface area contributed by atoms with Gasteiger partial charge in [0.2, 0.25) is 5.95 Å².